The van der Waals surface area contributed by atoms with E-state index in [1.54, 1.807) is 29.8 Å². The van der Waals surface area contributed by atoms with E-state index in [0.717, 1.165) is 6.20 Å². The molecule has 0 saturated heterocycles. The van der Waals surface area contributed by atoms with Gasteiger partial charge in [0.25, 0.3) is 0 Å². The Labute approximate surface area is 171 Å². The standard InChI is InChI=1S/C19H15F3N4O3S/c1-2-18(28,19(20,21)22)15-10-26(25-24-15)9-11-3-4-12-13(17-23-5-6-30-17)8-16(27)29-14(12)7-11/h3-8,10,28H,2,9H2,1H3/t18-/m0/s1. The van der Waals surface area contributed by atoms with Crippen molar-refractivity contribution in [3.8, 4) is 10.6 Å². The SMILES string of the molecule is CC[C@](O)(c1cn(Cc2ccc3c(-c4nccs4)cc(=O)oc3c2)nn1)C(F)(F)F. The van der Waals surface area contributed by atoms with Gasteiger partial charge >= 0.3 is 11.8 Å². The first-order chi connectivity index (χ1) is 14.2. The van der Waals surface area contributed by atoms with Gasteiger partial charge in [0.1, 0.15) is 16.3 Å². The van der Waals surface area contributed by atoms with E-state index >= 15 is 0 Å². The average molecular weight is 436 g/mol. The maximum Gasteiger partial charge on any atom is 0.423 e. The highest BCUT2D eigenvalue weighted by molar-refractivity contribution is 7.13. The lowest BCUT2D eigenvalue weighted by Crippen LogP contribution is -2.42. The van der Waals surface area contributed by atoms with Crippen LogP contribution in [0, 0.1) is 0 Å². The molecule has 0 unspecified atom stereocenters. The van der Waals surface area contributed by atoms with Gasteiger partial charge in [-0.1, -0.05) is 24.3 Å². The number of aromatic nitrogens is 4. The van der Waals surface area contributed by atoms with Gasteiger partial charge in [0.05, 0.1) is 12.7 Å². The van der Waals surface area contributed by atoms with Crippen LogP contribution < -0.4 is 5.63 Å². The van der Waals surface area contributed by atoms with Crippen LogP contribution in [0.25, 0.3) is 21.5 Å². The highest BCUT2D eigenvalue weighted by atomic mass is 32.1. The third kappa shape index (κ3) is 3.50. The van der Waals surface area contributed by atoms with Crippen molar-refractivity contribution in [2.24, 2.45) is 0 Å². The molecular weight excluding hydrogens is 421 g/mol. The van der Waals surface area contributed by atoms with E-state index in [-0.39, 0.29) is 6.54 Å². The predicted octanol–water partition coefficient (Wildman–Crippen LogP) is 3.72. The molecule has 11 heteroatoms. The fourth-order valence-electron chi connectivity index (χ4n) is 3.12. The van der Waals surface area contributed by atoms with E-state index < -0.39 is 29.5 Å². The van der Waals surface area contributed by atoms with Gasteiger partial charge in [-0.15, -0.1) is 16.4 Å². The first-order valence-corrected chi connectivity index (χ1v) is 9.75. The molecule has 156 valence electrons. The van der Waals surface area contributed by atoms with Crippen molar-refractivity contribution in [2.45, 2.75) is 31.7 Å². The molecule has 3 heterocycles. The van der Waals surface area contributed by atoms with Crippen LogP contribution in [-0.4, -0.2) is 31.3 Å². The second kappa shape index (κ2) is 7.33. The highest BCUT2D eigenvalue weighted by Crippen LogP contribution is 2.40. The van der Waals surface area contributed by atoms with Crippen LogP contribution in [0.2, 0.25) is 0 Å². The fraction of sp³-hybridized carbons (Fsp3) is 0.263. The molecule has 4 aromatic rings. The summed E-state index contributed by atoms with van der Waals surface area (Å²) in [6, 6.07) is 6.48. The molecule has 3 aromatic heterocycles. The van der Waals surface area contributed by atoms with Gasteiger partial charge in [-0.05, 0) is 18.1 Å². The van der Waals surface area contributed by atoms with E-state index in [0.29, 0.717) is 27.1 Å². The van der Waals surface area contributed by atoms with Gasteiger partial charge in [0.15, 0.2) is 0 Å². The van der Waals surface area contributed by atoms with Crippen molar-refractivity contribution in [1.29, 1.82) is 0 Å². The molecule has 0 aliphatic rings. The minimum absolute atomic E-state index is 0.0752. The van der Waals surface area contributed by atoms with Gasteiger partial charge in [-0.3, -0.25) is 0 Å². The number of fused-ring (bicyclic) bond motifs is 1. The van der Waals surface area contributed by atoms with Crippen LogP contribution in [0.4, 0.5) is 13.2 Å². The van der Waals surface area contributed by atoms with E-state index in [4.69, 9.17) is 4.42 Å². The molecule has 7 nitrogen and oxygen atoms in total. The number of rotatable bonds is 5. The Bertz CT molecular complexity index is 1250. The number of benzene rings is 1. The summed E-state index contributed by atoms with van der Waals surface area (Å²) in [5.41, 5.74) is -2.58. The fourth-order valence-corrected chi connectivity index (χ4v) is 3.79. The van der Waals surface area contributed by atoms with Crippen LogP contribution in [0.5, 0.6) is 0 Å². The number of thiazole rings is 1. The first-order valence-electron chi connectivity index (χ1n) is 8.87. The van der Waals surface area contributed by atoms with Gasteiger partial charge in [-0.2, -0.15) is 13.2 Å². The van der Waals surface area contributed by atoms with E-state index in [1.807, 2.05) is 0 Å². The molecule has 0 fully saturated rings. The van der Waals surface area contributed by atoms with Crippen molar-refractivity contribution >= 4 is 22.3 Å². The molecule has 0 saturated carbocycles. The summed E-state index contributed by atoms with van der Waals surface area (Å²) in [4.78, 5) is 16.2. The Morgan fingerprint density at radius 2 is 2.07 bits per heavy atom. The Hall–Kier alpha value is -3.05. The number of nitrogens with zero attached hydrogens (tertiary/aromatic N) is 4. The minimum atomic E-state index is -4.87. The van der Waals surface area contributed by atoms with Crippen molar-refractivity contribution in [3.05, 3.63) is 63.7 Å². The summed E-state index contributed by atoms with van der Waals surface area (Å²) in [6.07, 6.45) is -2.77. The number of aliphatic hydroxyl groups is 1. The summed E-state index contributed by atoms with van der Waals surface area (Å²) in [5.74, 6) is 0. The zero-order chi connectivity index (χ0) is 21.5. The molecule has 0 aliphatic carbocycles. The molecule has 0 amide bonds. The molecule has 0 radical (unpaired) electrons. The minimum Gasteiger partial charge on any atom is -0.423 e. The maximum atomic E-state index is 13.2. The Balaban J connectivity index is 1.68. The van der Waals surface area contributed by atoms with Crippen molar-refractivity contribution in [2.75, 3.05) is 0 Å². The van der Waals surface area contributed by atoms with Crippen molar-refractivity contribution in [3.63, 3.8) is 0 Å². The molecule has 0 aliphatic heterocycles. The zero-order valence-electron chi connectivity index (χ0n) is 15.6. The topological polar surface area (TPSA) is 94.0 Å². The van der Waals surface area contributed by atoms with Gasteiger partial charge in [0.2, 0.25) is 5.60 Å². The molecule has 4 rings (SSSR count). The molecule has 1 aromatic carbocycles. The molecule has 0 bridgehead atoms. The van der Waals surface area contributed by atoms with E-state index in [9.17, 15) is 23.1 Å². The summed E-state index contributed by atoms with van der Waals surface area (Å²) in [6.45, 7) is 1.30. The van der Waals surface area contributed by atoms with Crippen LogP contribution in [0.3, 0.4) is 0 Å². The molecule has 0 spiro atoms. The quantitative estimate of drug-likeness (QED) is 0.480. The Kier molecular flexibility index (Phi) is 4.94. The number of alkyl halides is 3. The Morgan fingerprint density at radius 3 is 2.73 bits per heavy atom. The summed E-state index contributed by atoms with van der Waals surface area (Å²) < 4.78 is 46.1. The van der Waals surface area contributed by atoms with Crippen LogP contribution in [0.1, 0.15) is 24.6 Å². The molecular formula is C19H15F3N4O3S. The molecule has 1 atom stereocenters. The van der Waals surface area contributed by atoms with Crippen molar-refractivity contribution in [1.82, 2.24) is 20.0 Å². The number of hydrogen-bond donors (Lipinski definition) is 1. The van der Waals surface area contributed by atoms with Crippen LogP contribution in [0.15, 0.2) is 51.3 Å². The van der Waals surface area contributed by atoms with Gasteiger partial charge < -0.3 is 9.52 Å². The highest BCUT2D eigenvalue weighted by Gasteiger charge is 2.55. The normalized spacial score (nSPS) is 14.2. The number of hydrogen-bond acceptors (Lipinski definition) is 7. The molecule has 30 heavy (non-hydrogen) atoms. The third-order valence-corrected chi connectivity index (χ3v) is 5.57. The lowest BCUT2D eigenvalue weighted by molar-refractivity contribution is -0.269. The van der Waals surface area contributed by atoms with E-state index in [2.05, 4.69) is 15.3 Å². The third-order valence-electron chi connectivity index (χ3n) is 4.76. The summed E-state index contributed by atoms with van der Waals surface area (Å²) in [5, 5.41) is 20.4. The average Bonchev–Trinajstić information content (AvgIpc) is 3.38. The monoisotopic (exact) mass is 436 g/mol. The zero-order valence-corrected chi connectivity index (χ0v) is 16.4. The first kappa shape index (κ1) is 20.2. The van der Waals surface area contributed by atoms with Gasteiger partial charge in [-0.25, -0.2) is 14.5 Å². The molecule has 1 N–H and O–H groups in total. The smallest absolute Gasteiger partial charge is 0.423 e. The van der Waals surface area contributed by atoms with Gasteiger partial charge in [0, 0.05) is 28.6 Å². The lowest BCUT2D eigenvalue weighted by atomic mass is 9.96. The predicted molar refractivity (Wildman–Crippen MR) is 103 cm³/mol. The second-order valence-electron chi connectivity index (χ2n) is 6.66. The summed E-state index contributed by atoms with van der Waals surface area (Å²) >= 11 is 1.39. The summed E-state index contributed by atoms with van der Waals surface area (Å²) in [7, 11) is 0. The van der Waals surface area contributed by atoms with Crippen molar-refractivity contribution < 1.29 is 22.7 Å². The second-order valence-corrected chi connectivity index (χ2v) is 7.55. The van der Waals surface area contributed by atoms with Crippen LogP contribution in [-0.2, 0) is 12.1 Å². The maximum absolute atomic E-state index is 13.2. The van der Waals surface area contributed by atoms with E-state index in [1.165, 1.54) is 29.0 Å². The lowest BCUT2D eigenvalue weighted by Gasteiger charge is -2.26. The Morgan fingerprint density at radius 1 is 1.27 bits per heavy atom. The largest absolute Gasteiger partial charge is 0.423 e. The number of halogens is 3. The van der Waals surface area contributed by atoms with Crippen LogP contribution >= 0.6 is 11.3 Å².